The standard InChI is InChI=1S/C15H19ClN2O2S/c1-15(2)6-3-8-18(9-7-15)21(19,20)13-5-4-12(11-17)14(16)10-13/h4-5,10H,3,6-9H2,1-2H3. The van der Waals surface area contributed by atoms with E-state index in [4.69, 9.17) is 16.9 Å². The lowest BCUT2D eigenvalue weighted by atomic mass is 9.85. The van der Waals surface area contributed by atoms with E-state index in [1.807, 2.05) is 6.07 Å². The molecule has 0 radical (unpaired) electrons. The Bertz CT molecular complexity index is 677. The maximum Gasteiger partial charge on any atom is 0.243 e. The first-order valence-electron chi connectivity index (χ1n) is 6.96. The Kier molecular flexibility index (Phi) is 4.62. The Balaban J connectivity index is 2.30. The average Bonchev–Trinajstić information content (AvgIpc) is 2.60. The summed E-state index contributed by atoms with van der Waals surface area (Å²) in [6, 6.07) is 6.21. The van der Waals surface area contributed by atoms with Crippen LogP contribution >= 0.6 is 11.6 Å². The maximum atomic E-state index is 12.7. The maximum absolute atomic E-state index is 12.7. The van der Waals surface area contributed by atoms with E-state index >= 15 is 0 Å². The molecule has 0 unspecified atom stereocenters. The molecule has 1 aliphatic heterocycles. The molecule has 1 aliphatic rings. The predicted molar refractivity (Wildman–Crippen MR) is 82.6 cm³/mol. The number of hydrogen-bond acceptors (Lipinski definition) is 3. The largest absolute Gasteiger partial charge is 0.243 e. The van der Waals surface area contributed by atoms with Crippen molar-refractivity contribution < 1.29 is 8.42 Å². The van der Waals surface area contributed by atoms with E-state index in [1.54, 1.807) is 0 Å². The van der Waals surface area contributed by atoms with Gasteiger partial charge in [0.05, 0.1) is 15.5 Å². The molecule has 0 bridgehead atoms. The van der Waals surface area contributed by atoms with Gasteiger partial charge >= 0.3 is 0 Å². The fourth-order valence-electron chi connectivity index (χ4n) is 2.53. The normalized spacial score (nSPS) is 19.7. The molecular formula is C15H19ClN2O2S. The molecule has 1 aromatic carbocycles. The third-order valence-electron chi connectivity index (χ3n) is 4.00. The average molecular weight is 327 g/mol. The molecule has 1 saturated heterocycles. The minimum absolute atomic E-state index is 0.159. The zero-order valence-electron chi connectivity index (χ0n) is 12.3. The fourth-order valence-corrected chi connectivity index (χ4v) is 4.33. The van der Waals surface area contributed by atoms with Crippen molar-refractivity contribution in [2.75, 3.05) is 13.1 Å². The Hall–Kier alpha value is -1.09. The third kappa shape index (κ3) is 3.57. The molecule has 0 atom stereocenters. The number of sulfonamides is 1. The topological polar surface area (TPSA) is 61.2 Å². The second-order valence-electron chi connectivity index (χ2n) is 6.18. The van der Waals surface area contributed by atoms with Crippen LogP contribution in [-0.4, -0.2) is 25.8 Å². The van der Waals surface area contributed by atoms with Gasteiger partial charge in [-0.1, -0.05) is 25.4 Å². The Morgan fingerprint density at radius 1 is 1.29 bits per heavy atom. The zero-order chi connectivity index (χ0) is 15.7. The number of halogens is 1. The molecule has 0 saturated carbocycles. The molecule has 2 rings (SSSR count). The predicted octanol–water partition coefficient (Wildman–Crippen LogP) is 3.41. The summed E-state index contributed by atoms with van der Waals surface area (Å²) in [5.41, 5.74) is 0.458. The molecule has 0 aliphatic carbocycles. The molecule has 0 spiro atoms. The Labute approximate surface area is 131 Å². The van der Waals surface area contributed by atoms with Crippen molar-refractivity contribution in [3.05, 3.63) is 28.8 Å². The molecule has 0 aromatic heterocycles. The molecule has 21 heavy (non-hydrogen) atoms. The number of hydrogen-bond donors (Lipinski definition) is 0. The van der Waals surface area contributed by atoms with E-state index in [-0.39, 0.29) is 20.9 Å². The Morgan fingerprint density at radius 3 is 2.62 bits per heavy atom. The van der Waals surface area contributed by atoms with Crippen LogP contribution in [0.2, 0.25) is 5.02 Å². The van der Waals surface area contributed by atoms with Gasteiger partial charge in [-0.2, -0.15) is 9.57 Å². The summed E-state index contributed by atoms with van der Waals surface area (Å²) in [7, 11) is -3.54. The van der Waals surface area contributed by atoms with E-state index in [2.05, 4.69) is 13.8 Å². The molecule has 4 nitrogen and oxygen atoms in total. The first kappa shape index (κ1) is 16.3. The molecular weight excluding hydrogens is 308 g/mol. The van der Waals surface area contributed by atoms with Crippen LogP contribution in [0.25, 0.3) is 0 Å². The van der Waals surface area contributed by atoms with Crippen LogP contribution in [0.15, 0.2) is 23.1 Å². The lowest BCUT2D eigenvalue weighted by Crippen LogP contribution is -2.32. The van der Waals surface area contributed by atoms with Crippen molar-refractivity contribution in [1.29, 1.82) is 5.26 Å². The second-order valence-corrected chi connectivity index (χ2v) is 8.52. The zero-order valence-corrected chi connectivity index (χ0v) is 13.8. The van der Waals surface area contributed by atoms with E-state index in [9.17, 15) is 8.42 Å². The van der Waals surface area contributed by atoms with Crippen molar-refractivity contribution in [3.63, 3.8) is 0 Å². The molecule has 1 aromatic rings. The summed E-state index contributed by atoms with van der Waals surface area (Å²) in [4.78, 5) is 0.159. The SMILES string of the molecule is CC1(C)CCCN(S(=O)(=O)c2ccc(C#N)c(Cl)c2)CC1. The lowest BCUT2D eigenvalue weighted by molar-refractivity contribution is 0.315. The molecule has 0 amide bonds. The quantitative estimate of drug-likeness (QED) is 0.836. The van der Waals surface area contributed by atoms with E-state index in [0.29, 0.717) is 13.1 Å². The Morgan fingerprint density at radius 2 is 2.00 bits per heavy atom. The summed E-state index contributed by atoms with van der Waals surface area (Å²) in [5.74, 6) is 0. The number of nitrogens with zero attached hydrogens (tertiary/aromatic N) is 2. The van der Waals surface area contributed by atoms with Gasteiger partial charge in [-0.15, -0.1) is 0 Å². The summed E-state index contributed by atoms with van der Waals surface area (Å²) < 4.78 is 26.9. The summed E-state index contributed by atoms with van der Waals surface area (Å²) >= 11 is 5.95. The van der Waals surface area contributed by atoms with Crippen molar-refractivity contribution in [3.8, 4) is 6.07 Å². The van der Waals surface area contributed by atoms with Crippen molar-refractivity contribution >= 4 is 21.6 Å². The van der Waals surface area contributed by atoms with Gasteiger partial charge < -0.3 is 0 Å². The van der Waals surface area contributed by atoms with Crippen LogP contribution in [0.4, 0.5) is 0 Å². The van der Waals surface area contributed by atoms with Gasteiger partial charge in [-0.05, 0) is 42.9 Å². The highest BCUT2D eigenvalue weighted by molar-refractivity contribution is 7.89. The summed E-state index contributed by atoms with van der Waals surface area (Å²) in [6.07, 6.45) is 2.72. The van der Waals surface area contributed by atoms with Gasteiger partial charge in [-0.25, -0.2) is 8.42 Å². The molecule has 1 heterocycles. The van der Waals surface area contributed by atoms with Gasteiger partial charge in [0.15, 0.2) is 0 Å². The van der Waals surface area contributed by atoms with Crippen LogP contribution < -0.4 is 0 Å². The van der Waals surface area contributed by atoms with Crippen LogP contribution in [0.5, 0.6) is 0 Å². The van der Waals surface area contributed by atoms with Crippen molar-refractivity contribution in [2.45, 2.75) is 38.0 Å². The molecule has 0 N–H and O–H groups in total. The lowest BCUT2D eigenvalue weighted by Gasteiger charge is -2.23. The molecule has 1 fully saturated rings. The highest BCUT2D eigenvalue weighted by Gasteiger charge is 2.30. The van der Waals surface area contributed by atoms with E-state index in [1.165, 1.54) is 22.5 Å². The first-order valence-corrected chi connectivity index (χ1v) is 8.78. The fraction of sp³-hybridized carbons (Fsp3) is 0.533. The number of nitriles is 1. The number of benzene rings is 1. The minimum atomic E-state index is -3.54. The third-order valence-corrected chi connectivity index (χ3v) is 6.21. The number of rotatable bonds is 2. The highest BCUT2D eigenvalue weighted by atomic mass is 35.5. The van der Waals surface area contributed by atoms with E-state index < -0.39 is 10.0 Å². The van der Waals surface area contributed by atoms with Gasteiger partial charge in [0, 0.05) is 13.1 Å². The first-order chi connectivity index (χ1) is 9.76. The van der Waals surface area contributed by atoms with Crippen molar-refractivity contribution in [2.24, 2.45) is 5.41 Å². The monoisotopic (exact) mass is 326 g/mol. The van der Waals surface area contributed by atoms with Crippen LogP contribution in [0.1, 0.15) is 38.7 Å². The molecule has 6 heteroatoms. The van der Waals surface area contributed by atoms with E-state index in [0.717, 1.165) is 19.3 Å². The van der Waals surface area contributed by atoms with Gasteiger partial charge in [0.2, 0.25) is 10.0 Å². The van der Waals surface area contributed by atoms with Gasteiger partial charge in [0.25, 0.3) is 0 Å². The summed E-state index contributed by atoms with van der Waals surface area (Å²) in [5, 5.41) is 9.04. The second kappa shape index (κ2) is 5.96. The van der Waals surface area contributed by atoms with Crippen LogP contribution in [0, 0.1) is 16.7 Å². The minimum Gasteiger partial charge on any atom is -0.207 e. The molecule has 114 valence electrons. The van der Waals surface area contributed by atoms with Gasteiger partial charge in [-0.3, -0.25) is 0 Å². The van der Waals surface area contributed by atoms with Gasteiger partial charge in [0.1, 0.15) is 6.07 Å². The van der Waals surface area contributed by atoms with Crippen molar-refractivity contribution in [1.82, 2.24) is 4.31 Å². The van der Waals surface area contributed by atoms with Crippen LogP contribution in [0.3, 0.4) is 0 Å². The smallest absolute Gasteiger partial charge is 0.207 e. The summed E-state index contributed by atoms with van der Waals surface area (Å²) in [6.45, 7) is 5.39. The van der Waals surface area contributed by atoms with Crippen LogP contribution in [-0.2, 0) is 10.0 Å². The highest BCUT2D eigenvalue weighted by Crippen LogP contribution is 2.32.